The number of fused-ring (bicyclic) bond motifs is 1. The van der Waals surface area contributed by atoms with E-state index in [1.807, 2.05) is 69.6 Å². The number of piperazine rings is 1. The van der Waals surface area contributed by atoms with Crippen LogP contribution in [0.15, 0.2) is 95.9 Å². The molecule has 2 unspecified atom stereocenters. The van der Waals surface area contributed by atoms with E-state index in [9.17, 15) is 29.4 Å². The normalized spacial score (nSPS) is 16.7. The van der Waals surface area contributed by atoms with Crippen LogP contribution < -0.4 is 26.4 Å². The zero-order valence-electron chi connectivity index (χ0n) is 44.5. The smallest absolute Gasteiger partial charge is 0.278 e. The van der Waals surface area contributed by atoms with Crippen molar-refractivity contribution in [2.24, 2.45) is 5.41 Å². The molecular weight excluding hydrogens is 985 g/mol. The second-order valence-corrected chi connectivity index (χ2v) is 22.1. The van der Waals surface area contributed by atoms with Crippen molar-refractivity contribution in [1.29, 1.82) is 0 Å². The Hall–Kier alpha value is -6.84. The number of amides is 3. The number of nitrogens with zero attached hydrogens (tertiary/aromatic N) is 9. The Balaban J connectivity index is 0.726. The molecule has 0 saturated carbocycles. The number of hydrogen-bond donors (Lipinski definition) is 5. The Morgan fingerprint density at radius 2 is 1.67 bits per heavy atom. The molecule has 2 saturated heterocycles. The van der Waals surface area contributed by atoms with Gasteiger partial charge in [0, 0.05) is 82.9 Å². The summed E-state index contributed by atoms with van der Waals surface area (Å²) in [6.07, 6.45) is 5.01. The molecule has 2 aromatic carbocycles. The molecule has 3 atom stereocenters. The van der Waals surface area contributed by atoms with Crippen LogP contribution >= 0.6 is 11.3 Å². The first-order chi connectivity index (χ1) is 36.4. The lowest BCUT2D eigenvalue weighted by Crippen LogP contribution is -2.57. The summed E-state index contributed by atoms with van der Waals surface area (Å²) in [6.45, 7) is 20.9. The summed E-state index contributed by atoms with van der Waals surface area (Å²) in [5.41, 5.74) is 5.40. The van der Waals surface area contributed by atoms with Crippen LogP contribution in [-0.2, 0) is 37.8 Å². The summed E-state index contributed by atoms with van der Waals surface area (Å²) in [4.78, 5) is 79.7. The maximum absolute atomic E-state index is 14.0. The average Bonchev–Trinajstić information content (AvgIpc) is 4.18. The van der Waals surface area contributed by atoms with Crippen molar-refractivity contribution in [3.05, 3.63) is 118 Å². The fourth-order valence-corrected chi connectivity index (χ4v) is 10.4. The van der Waals surface area contributed by atoms with Crippen LogP contribution in [0.4, 0.5) is 17.3 Å². The average molecular weight is 1060 g/mol. The molecule has 8 rings (SSSR count). The summed E-state index contributed by atoms with van der Waals surface area (Å²) in [5, 5.41) is 30.8. The van der Waals surface area contributed by atoms with Crippen LogP contribution in [0.1, 0.15) is 83.7 Å². The fraction of sp³-hybridized carbons (Fsp3) is 0.464. The molecule has 3 amide bonds. The van der Waals surface area contributed by atoms with Gasteiger partial charge in [-0.05, 0) is 99.5 Å². The molecule has 2 aliphatic heterocycles. The molecular formula is C56H72N12O7S. The number of β-amino-alcohol motifs (C(OH)–C–C–N with tert-alkyl or cyclic N) is 1. The van der Waals surface area contributed by atoms with Gasteiger partial charge in [0.25, 0.3) is 5.56 Å². The van der Waals surface area contributed by atoms with Crippen LogP contribution in [0.5, 0.6) is 0 Å². The number of rotatable bonds is 22. The van der Waals surface area contributed by atoms with Crippen LogP contribution in [0.3, 0.4) is 0 Å². The van der Waals surface area contributed by atoms with Crippen LogP contribution in [0.25, 0.3) is 27.3 Å². The molecule has 19 nitrogen and oxygen atoms in total. The Bertz CT molecular complexity index is 3020. The number of pyridine rings is 1. The number of aromatic nitrogens is 6. The Morgan fingerprint density at radius 3 is 2.36 bits per heavy atom. The SMILES string of the molecule is C=CCn1c(=O)c2cnc(Nc3ccc(N4CCN(CCCCOCCCC(=O)N[C@H](C(=O)N5CC(O)CC5C(=O)NCc5ccc(-c6scnc6C)cc5)C(C)(C)C)CC4)cc3)nc2n1-c1cccc(C(C)(C)O)n1. The van der Waals surface area contributed by atoms with Gasteiger partial charge in [-0.25, -0.2) is 24.3 Å². The van der Waals surface area contributed by atoms with Gasteiger partial charge in [-0.15, -0.1) is 17.9 Å². The predicted molar refractivity (Wildman–Crippen MR) is 296 cm³/mol. The number of hydrogen-bond acceptors (Lipinski definition) is 15. The van der Waals surface area contributed by atoms with E-state index >= 15 is 0 Å². The first-order valence-corrected chi connectivity index (χ1v) is 27.0. The third-order valence-corrected chi connectivity index (χ3v) is 14.8. The maximum Gasteiger partial charge on any atom is 0.278 e. The van der Waals surface area contributed by atoms with Crippen LogP contribution in [-0.4, -0.2) is 138 Å². The van der Waals surface area contributed by atoms with Gasteiger partial charge in [-0.1, -0.05) is 57.2 Å². The molecule has 2 fully saturated rings. The van der Waals surface area contributed by atoms with Crippen molar-refractivity contribution in [2.75, 3.05) is 62.7 Å². The van der Waals surface area contributed by atoms with E-state index in [1.165, 1.54) is 15.8 Å². The molecule has 0 bridgehead atoms. The monoisotopic (exact) mass is 1060 g/mol. The number of benzene rings is 2. The lowest BCUT2D eigenvalue weighted by atomic mass is 9.85. The van der Waals surface area contributed by atoms with Crippen molar-refractivity contribution in [3.8, 4) is 16.3 Å². The maximum atomic E-state index is 14.0. The van der Waals surface area contributed by atoms with Gasteiger partial charge >= 0.3 is 0 Å². The Morgan fingerprint density at radius 1 is 0.934 bits per heavy atom. The van der Waals surface area contributed by atoms with Gasteiger partial charge in [-0.3, -0.25) is 24.1 Å². The molecule has 2 aliphatic rings. The molecule has 76 heavy (non-hydrogen) atoms. The molecule has 6 heterocycles. The van der Waals surface area contributed by atoms with Crippen LogP contribution in [0.2, 0.25) is 0 Å². The molecule has 6 aromatic rings. The first kappa shape index (κ1) is 55.4. The lowest BCUT2D eigenvalue weighted by molar-refractivity contribution is -0.144. The van der Waals surface area contributed by atoms with Crippen LogP contribution in [0, 0.1) is 12.3 Å². The van der Waals surface area contributed by atoms with Gasteiger partial charge in [0.1, 0.15) is 23.1 Å². The van der Waals surface area contributed by atoms with Crippen molar-refractivity contribution >= 4 is 57.4 Å². The van der Waals surface area contributed by atoms with Crippen molar-refractivity contribution in [1.82, 2.24) is 49.7 Å². The summed E-state index contributed by atoms with van der Waals surface area (Å²) in [5.74, 6) is -0.239. The van der Waals surface area contributed by atoms with E-state index in [-0.39, 0.29) is 55.8 Å². The number of carbonyl (C=O) groups is 3. The summed E-state index contributed by atoms with van der Waals surface area (Å²) in [7, 11) is 0. The van der Waals surface area contributed by atoms with Crippen molar-refractivity contribution < 1.29 is 29.3 Å². The number of aliphatic hydroxyl groups is 2. The Labute approximate surface area is 448 Å². The van der Waals surface area contributed by atoms with E-state index in [0.29, 0.717) is 48.1 Å². The van der Waals surface area contributed by atoms with Gasteiger partial charge in [0.15, 0.2) is 11.5 Å². The van der Waals surface area contributed by atoms with Crippen molar-refractivity contribution in [3.63, 3.8) is 0 Å². The first-order valence-electron chi connectivity index (χ1n) is 26.1. The number of unbranched alkanes of at least 4 members (excludes halogenated alkanes) is 1. The number of nitrogens with one attached hydrogen (secondary N) is 3. The number of carbonyl (C=O) groups excluding carboxylic acids is 3. The van der Waals surface area contributed by atoms with E-state index in [4.69, 9.17) is 9.72 Å². The minimum atomic E-state index is -1.18. The quantitative estimate of drug-likeness (QED) is 0.0384. The second kappa shape index (κ2) is 24.4. The number of aliphatic hydroxyl groups excluding tert-OH is 1. The highest BCUT2D eigenvalue weighted by atomic mass is 32.1. The van der Waals surface area contributed by atoms with Gasteiger partial charge in [-0.2, -0.15) is 4.98 Å². The Kier molecular flexibility index (Phi) is 17.8. The number of ether oxygens (including phenoxy) is 1. The summed E-state index contributed by atoms with van der Waals surface area (Å²) < 4.78 is 9.04. The molecule has 4 aromatic heterocycles. The molecule has 0 radical (unpaired) electrons. The zero-order valence-corrected chi connectivity index (χ0v) is 45.3. The minimum Gasteiger partial charge on any atom is -0.391 e. The highest BCUT2D eigenvalue weighted by Gasteiger charge is 2.44. The summed E-state index contributed by atoms with van der Waals surface area (Å²) >= 11 is 1.58. The van der Waals surface area contributed by atoms with Crippen molar-refractivity contribution in [2.45, 2.75) is 111 Å². The topological polar surface area (TPSA) is 225 Å². The number of likely N-dealkylation sites (tertiary alicyclic amines) is 1. The molecule has 0 spiro atoms. The molecule has 5 N–H and O–H groups in total. The largest absolute Gasteiger partial charge is 0.391 e. The third kappa shape index (κ3) is 13.6. The van der Waals surface area contributed by atoms with E-state index in [2.05, 4.69) is 59.4 Å². The number of allylic oxidation sites excluding steroid dienone is 1. The second-order valence-electron chi connectivity index (χ2n) is 21.2. The molecule has 20 heteroatoms. The van der Waals surface area contributed by atoms with Gasteiger partial charge in [0.2, 0.25) is 23.7 Å². The third-order valence-electron chi connectivity index (χ3n) is 13.8. The lowest BCUT2D eigenvalue weighted by Gasteiger charge is -2.36. The molecule has 0 aliphatic carbocycles. The zero-order chi connectivity index (χ0) is 54.1. The number of thiazole rings is 1. The predicted octanol–water partition coefficient (Wildman–Crippen LogP) is 6.07. The van der Waals surface area contributed by atoms with Gasteiger partial charge in [0.05, 0.1) is 34.4 Å². The van der Waals surface area contributed by atoms with Gasteiger partial charge < -0.3 is 40.7 Å². The molecule has 404 valence electrons. The standard InChI is InChI=1S/C56H72N12O7S/c1-8-24-67-52(72)43-34-58-54(63-50(43)68(67)46-14-11-13-45(61-46)56(6,7)74)60-40-20-22-41(23-21-40)65-28-26-64(27-29-65)25-9-10-30-75-31-12-15-47(70)62-49(55(3,4)5)53(73)66-35-42(69)32-44(66)51(71)57-33-38-16-18-39(19-17-38)48-37(2)59-36-76-48/h8,11,13-14,16-23,34,36,42,44,49,69,74H,1,9-10,12,15,24-33,35H2,2-7H3,(H,57,71)(H,62,70)(H,58,60,63)/t42?,44?,49-/m1/s1. The summed E-state index contributed by atoms with van der Waals surface area (Å²) in [6, 6.07) is 19.6. The number of aryl methyl sites for hydroxylation is 1. The van der Waals surface area contributed by atoms with E-state index < -0.39 is 29.2 Å². The number of anilines is 3. The highest BCUT2D eigenvalue weighted by molar-refractivity contribution is 7.13. The minimum absolute atomic E-state index is 0.0150. The van der Waals surface area contributed by atoms with E-state index in [1.54, 1.807) is 54.1 Å². The highest BCUT2D eigenvalue weighted by Crippen LogP contribution is 2.30. The fourth-order valence-electron chi connectivity index (χ4n) is 9.59. The van der Waals surface area contributed by atoms with E-state index in [0.717, 1.165) is 78.6 Å².